The SMILES string of the molecule is CCC(Cl)CCCC1=NN(C(=O)NC)[C@H](C)Cc2ccc(C)cc21. The molecule has 1 aromatic carbocycles. The van der Waals surface area contributed by atoms with Crippen LogP contribution >= 0.6 is 11.6 Å². The maximum Gasteiger partial charge on any atom is 0.337 e. The summed E-state index contributed by atoms with van der Waals surface area (Å²) < 4.78 is 0. The van der Waals surface area contributed by atoms with E-state index >= 15 is 0 Å². The van der Waals surface area contributed by atoms with Gasteiger partial charge in [0.05, 0.1) is 11.8 Å². The van der Waals surface area contributed by atoms with Gasteiger partial charge in [0.1, 0.15) is 0 Å². The van der Waals surface area contributed by atoms with E-state index in [-0.39, 0.29) is 17.5 Å². The summed E-state index contributed by atoms with van der Waals surface area (Å²) in [6.45, 7) is 6.24. The number of nitrogens with one attached hydrogen (secondary N) is 1. The summed E-state index contributed by atoms with van der Waals surface area (Å²) in [5.74, 6) is 0. The van der Waals surface area contributed by atoms with Gasteiger partial charge in [0.2, 0.25) is 0 Å². The third-order valence-electron chi connectivity index (χ3n) is 4.53. The summed E-state index contributed by atoms with van der Waals surface area (Å²) in [7, 11) is 1.64. The predicted molar refractivity (Wildman–Crippen MR) is 101 cm³/mol. The fourth-order valence-electron chi connectivity index (χ4n) is 3.06. The van der Waals surface area contributed by atoms with E-state index in [1.807, 2.05) is 6.92 Å². The minimum atomic E-state index is -0.159. The lowest BCUT2D eigenvalue weighted by atomic mass is 9.94. The third kappa shape index (κ3) is 4.50. The summed E-state index contributed by atoms with van der Waals surface area (Å²) in [5, 5.41) is 9.22. The zero-order valence-corrected chi connectivity index (χ0v) is 15.9. The van der Waals surface area contributed by atoms with Crippen molar-refractivity contribution in [2.75, 3.05) is 7.05 Å². The van der Waals surface area contributed by atoms with E-state index in [9.17, 15) is 4.79 Å². The molecule has 1 N–H and O–H groups in total. The van der Waals surface area contributed by atoms with Crippen molar-refractivity contribution in [3.05, 3.63) is 34.9 Å². The van der Waals surface area contributed by atoms with Gasteiger partial charge in [-0.3, -0.25) is 0 Å². The molecule has 0 bridgehead atoms. The molecule has 5 heteroatoms. The van der Waals surface area contributed by atoms with E-state index in [1.165, 1.54) is 16.7 Å². The van der Waals surface area contributed by atoms with Crippen LogP contribution in [-0.2, 0) is 6.42 Å². The topological polar surface area (TPSA) is 44.7 Å². The molecule has 0 spiro atoms. The first-order valence-corrected chi connectivity index (χ1v) is 9.22. The fourth-order valence-corrected chi connectivity index (χ4v) is 3.22. The largest absolute Gasteiger partial charge is 0.340 e. The van der Waals surface area contributed by atoms with Crippen LogP contribution in [0.25, 0.3) is 0 Å². The molecule has 24 heavy (non-hydrogen) atoms. The first-order chi connectivity index (χ1) is 11.5. The molecule has 0 aliphatic carbocycles. The van der Waals surface area contributed by atoms with E-state index in [1.54, 1.807) is 12.1 Å². The van der Waals surface area contributed by atoms with Crippen LogP contribution in [0.3, 0.4) is 0 Å². The van der Waals surface area contributed by atoms with Gasteiger partial charge < -0.3 is 5.32 Å². The van der Waals surface area contributed by atoms with Crippen LogP contribution in [0, 0.1) is 6.92 Å². The van der Waals surface area contributed by atoms with Crippen molar-refractivity contribution in [2.45, 2.75) is 64.3 Å². The Labute approximate surface area is 150 Å². The highest BCUT2D eigenvalue weighted by Crippen LogP contribution is 2.24. The normalized spacial score (nSPS) is 18.5. The zero-order valence-electron chi connectivity index (χ0n) is 15.1. The highest BCUT2D eigenvalue weighted by Gasteiger charge is 2.25. The number of halogens is 1. The van der Waals surface area contributed by atoms with E-state index in [0.29, 0.717) is 0 Å². The minimum Gasteiger partial charge on any atom is -0.340 e. The number of alkyl halides is 1. The van der Waals surface area contributed by atoms with Crippen LogP contribution in [-0.4, -0.2) is 35.2 Å². The molecule has 2 rings (SSSR count). The maximum absolute atomic E-state index is 12.2. The van der Waals surface area contributed by atoms with E-state index in [0.717, 1.165) is 37.8 Å². The van der Waals surface area contributed by atoms with Gasteiger partial charge in [0.25, 0.3) is 0 Å². The van der Waals surface area contributed by atoms with Crippen molar-refractivity contribution in [3.63, 3.8) is 0 Å². The Hall–Kier alpha value is -1.55. The maximum atomic E-state index is 12.2. The van der Waals surface area contributed by atoms with Crippen molar-refractivity contribution in [3.8, 4) is 0 Å². The highest BCUT2D eigenvalue weighted by atomic mass is 35.5. The second kappa shape index (κ2) is 8.52. The summed E-state index contributed by atoms with van der Waals surface area (Å²) in [6, 6.07) is 6.35. The average Bonchev–Trinajstić information content (AvgIpc) is 2.71. The molecule has 1 aromatic rings. The first kappa shape index (κ1) is 18.8. The molecule has 0 fully saturated rings. The molecule has 2 atom stereocenters. The molecule has 4 nitrogen and oxygen atoms in total. The Balaban J connectivity index is 2.32. The fraction of sp³-hybridized carbons (Fsp3) is 0.579. The Bertz CT molecular complexity index is 615. The molecular weight excluding hydrogens is 322 g/mol. The number of urea groups is 1. The lowest BCUT2D eigenvalue weighted by Crippen LogP contribution is -2.40. The van der Waals surface area contributed by atoms with Gasteiger partial charge in [-0.1, -0.05) is 24.6 Å². The van der Waals surface area contributed by atoms with Gasteiger partial charge in [-0.25, -0.2) is 9.80 Å². The van der Waals surface area contributed by atoms with Crippen molar-refractivity contribution in [2.24, 2.45) is 5.10 Å². The van der Waals surface area contributed by atoms with Crippen molar-refractivity contribution in [1.82, 2.24) is 10.3 Å². The number of carbonyl (C=O) groups is 1. The quantitative estimate of drug-likeness (QED) is 0.783. The molecule has 0 saturated carbocycles. The van der Waals surface area contributed by atoms with Crippen LogP contribution in [0.1, 0.15) is 56.2 Å². The van der Waals surface area contributed by atoms with Gasteiger partial charge in [-0.05, 0) is 57.6 Å². The van der Waals surface area contributed by atoms with E-state index in [2.05, 4.69) is 37.4 Å². The second-order valence-electron chi connectivity index (χ2n) is 6.56. The Morgan fingerprint density at radius 3 is 2.92 bits per heavy atom. The lowest BCUT2D eigenvalue weighted by Gasteiger charge is -2.22. The lowest BCUT2D eigenvalue weighted by molar-refractivity contribution is 0.184. The van der Waals surface area contributed by atoms with Crippen molar-refractivity contribution >= 4 is 23.3 Å². The monoisotopic (exact) mass is 349 g/mol. The Morgan fingerprint density at radius 1 is 1.50 bits per heavy atom. The molecule has 1 aliphatic rings. The molecule has 0 aromatic heterocycles. The summed E-state index contributed by atoms with van der Waals surface area (Å²) >= 11 is 6.25. The van der Waals surface area contributed by atoms with Crippen LogP contribution in [0.4, 0.5) is 4.79 Å². The second-order valence-corrected chi connectivity index (χ2v) is 7.18. The summed E-state index contributed by atoms with van der Waals surface area (Å²) in [5.41, 5.74) is 4.64. The van der Waals surface area contributed by atoms with Crippen LogP contribution in [0.15, 0.2) is 23.3 Å². The molecular formula is C19H28ClN3O. The summed E-state index contributed by atoms with van der Waals surface area (Å²) in [4.78, 5) is 12.2. The van der Waals surface area contributed by atoms with E-state index in [4.69, 9.17) is 16.7 Å². The van der Waals surface area contributed by atoms with Crippen LogP contribution < -0.4 is 5.32 Å². The number of amides is 2. The number of hydrazone groups is 1. The van der Waals surface area contributed by atoms with Crippen LogP contribution in [0.2, 0.25) is 0 Å². The third-order valence-corrected chi connectivity index (χ3v) is 5.06. The average molecular weight is 350 g/mol. The Morgan fingerprint density at radius 2 is 2.25 bits per heavy atom. The van der Waals surface area contributed by atoms with Crippen molar-refractivity contribution in [1.29, 1.82) is 0 Å². The molecule has 2 amide bonds. The number of aryl methyl sites for hydroxylation is 1. The number of hydrogen-bond donors (Lipinski definition) is 1. The molecule has 0 saturated heterocycles. The van der Waals surface area contributed by atoms with Gasteiger partial charge >= 0.3 is 6.03 Å². The number of rotatable bonds is 5. The smallest absolute Gasteiger partial charge is 0.337 e. The molecule has 1 heterocycles. The number of fused-ring (bicyclic) bond motifs is 1. The number of carbonyl (C=O) groups excluding carboxylic acids is 1. The zero-order chi connectivity index (χ0) is 17.7. The van der Waals surface area contributed by atoms with Gasteiger partial charge in [-0.2, -0.15) is 5.10 Å². The number of hydrogen-bond acceptors (Lipinski definition) is 2. The standard InChI is InChI=1S/C19H28ClN3O/c1-5-16(20)7-6-8-18-17-11-13(2)9-10-15(17)12-14(3)23(22-18)19(24)21-4/h9-11,14,16H,5-8,12H2,1-4H3,(H,21,24)/t14-,16?/m1/s1. The highest BCUT2D eigenvalue weighted by molar-refractivity contribution is 6.20. The molecule has 0 radical (unpaired) electrons. The Kier molecular flexibility index (Phi) is 6.67. The number of benzene rings is 1. The van der Waals surface area contributed by atoms with Gasteiger partial charge in [0, 0.05) is 18.0 Å². The van der Waals surface area contributed by atoms with E-state index < -0.39 is 0 Å². The first-order valence-electron chi connectivity index (χ1n) is 8.78. The molecule has 132 valence electrons. The molecule has 1 aliphatic heterocycles. The van der Waals surface area contributed by atoms with Gasteiger partial charge in [-0.15, -0.1) is 11.6 Å². The van der Waals surface area contributed by atoms with Crippen molar-refractivity contribution < 1.29 is 4.79 Å². The summed E-state index contributed by atoms with van der Waals surface area (Å²) in [6.07, 6.45) is 4.56. The minimum absolute atomic E-state index is 0.0281. The van der Waals surface area contributed by atoms with Crippen LogP contribution in [0.5, 0.6) is 0 Å². The molecule has 1 unspecified atom stereocenters. The number of nitrogens with zero attached hydrogens (tertiary/aromatic N) is 2. The van der Waals surface area contributed by atoms with Gasteiger partial charge in [0.15, 0.2) is 0 Å². The predicted octanol–water partition coefficient (Wildman–Crippen LogP) is 4.47.